The third kappa shape index (κ3) is 3.34. The maximum absolute atomic E-state index is 14.5. The number of carbonyl (C=O) groups excluding carboxylic acids is 2. The van der Waals surface area contributed by atoms with Crippen molar-refractivity contribution >= 4 is 17.4 Å². The zero-order valence-corrected chi connectivity index (χ0v) is 19.5. The highest BCUT2D eigenvalue weighted by atomic mass is 16.2. The molecular weight excluding hydrogens is 422 g/mol. The zero-order chi connectivity index (χ0) is 23.2. The van der Waals surface area contributed by atoms with Crippen molar-refractivity contribution in [1.82, 2.24) is 9.80 Å². The highest BCUT2D eigenvalue weighted by Crippen LogP contribution is 2.47. The van der Waals surface area contributed by atoms with Gasteiger partial charge < -0.3 is 14.7 Å². The van der Waals surface area contributed by atoms with Crippen molar-refractivity contribution in [3.63, 3.8) is 0 Å². The summed E-state index contributed by atoms with van der Waals surface area (Å²) in [6.07, 6.45) is 0.819. The number of para-hydroxylation sites is 1. The van der Waals surface area contributed by atoms with Crippen molar-refractivity contribution in [2.24, 2.45) is 0 Å². The Morgan fingerprint density at radius 3 is 2.29 bits per heavy atom. The van der Waals surface area contributed by atoms with E-state index in [-0.39, 0.29) is 17.7 Å². The van der Waals surface area contributed by atoms with Crippen molar-refractivity contribution in [2.75, 3.05) is 44.7 Å². The van der Waals surface area contributed by atoms with Gasteiger partial charge in [-0.05, 0) is 48.4 Å². The molecule has 3 aromatic carbocycles. The molecule has 6 rings (SSSR count). The topological polar surface area (TPSA) is 43.9 Å². The third-order valence-corrected chi connectivity index (χ3v) is 7.73. The van der Waals surface area contributed by atoms with Crippen molar-refractivity contribution < 1.29 is 9.59 Å². The van der Waals surface area contributed by atoms with Gasteiger partial charge in [0.2, 0.25) is 0 Å². The molecule has 1 fully saturated rings. The van der Waals surface area contributed by atoms with Gasteiger partial charge in [-0.3, -0.25) is 9.59 Å². The second kappa shape index (κ2) is 8.41. The smallest absolute Gasteiger partial charge is 0.254 e. The lowest BCUT2D eigenvalue weighted by Gasteiger charge is -2.45. The van der Waals surface area contributed by atoms with Crippen LogP contribution in [-0.4, -0.2) is 61.3 Å². The SMILES string of the molecule is CN1CCN(c2ccccc2C(=O)[C@@H]2c3ccccc3C(=O)N3CCc4ccccc4[C@H]23)CC1. The van der Waals surface area contributed by atoms with Gasteiger partial charge in [0, 0.05) is 49.5 Å². The van der Waals surface area contributed by atoms with Crippen LogP contribution in [0.15, 0.2) is 72.8 Å². The fraction of sp³-hybridized carbons (Fsp3) is 0.310. The Labute approximate surface area is 200 Å². The first-order valence-corrected chi connectivity index (χ1v) is 12.2. The molecule has 0 bridgehead atoms. The van der Waals surface area contributed by atoms with E-state index in [1.54, 1.807) is 0 Å². The van der Waals surface area contributed by atoms with Gasteiger partial charge in [0.15, 0.2) is 5.78 Å². The monoisotopic (exact) mass is 451 g/mol. The lowest BCUT2D eigenvalue weighted by atomic mass is 9.73. The number of rotatable bonds is 3. The van der Waals surface area contributed by atoms with Gasteiger partial charge in [0.05, 0.1) is 12.0 Å². The molecule has 0 aliphatic carbocycles. The fourth-order valence-electron chi connectivity index (χ4n) is 5.93. The first-order chi connectivity index (χ1) is 16.6. The average Bonchev–Trinajstić information content (AvgIpc) is 2.89. The molecule has 3 aromatic rings. The van der Waals surface area contributed by atoms with E-state index in [9.17, 15) is 9.59 Å². The van der Waals surface area contributed by atoms with Crippen LogP contribution < -0.4 is 4.90 Å². The van der Waals surface area contributed by atoms with Crippen LogP contribution in [-0.2, 0) is 6.42 Å². The number of hydrogen-bond acceptors (Lipinski definition) is 4. The van der Waals surface area contributed by atoms with E-state index in [0.717, 1.165) is 55.0 Å². The number of benzene rings is 3. The van der Waals surface area contributed by atoms with Gasteiger partial charge in [0.25, 0.3) is 5.91 Å². The fourth-order valence-corrected chi connectivity index (χ4v) is 5.93. The van der Waals surface area contributed by atoms with Crippen molar-refractivity contribution in [2.45, 2.75) is 18.4 Å². The largest absolute Gasteiger partial charge is 0.368 e. The first-order valence-electron chi connectivity index (χ1n) is 12.2. The Kier molecular flexibility index (Phi) is 5.22. The Morgan fingerprint density at radius 1 is 0.794 bits per heavy atom. The number of likely N-dealkylation sites (N-methyl/N-ethyl adjacent to an activating group) is 1. The number of carbonyl (C=O) groups is 2. The van der Waals surface area contributed by atoms with E-state index in [4.69, 9.17) is 0 Å². The number of nitrogens with zero attached hydrogens (tertiary/aromatic N) is 3. The summed E-state index contributed by atoms with van der Waals surface area (Å²) in [4.78, 5) is 34.6. The number of hydrogen-bond donors (Lipinski definition) is 0. The summed E-state index contributed by atoms with van der Waals surface area (Å²) in [5.74, 6) is -0.295. The van der Waals surface area contributed by atoms with Gasteiger partial charge in [-0.25, -0.2) is 0 Å². The van der Waals surface area contributed by atoms with E-state index in [1.807, 2.05) is 59.5 Å². The maximum atomic E-state index is 14.5. The highest BCUT2D eigenvalue weighted by molar-refractivity contribution is 6.09. The summed E-state index contributed by atoms with van der Waals surface area (Å²) in [6.45, 7) is 4.40. The van der Waals surface area contributed by atoms with Crippen molar-refractivity contribution in [3.05, 3.63) is 101 Å². The van der Waals surface area contributed by atoms with Crippen LogP contribution in [0.3, 0.4) is 0 Å². The van der Waals surface area contributed by atoms with Gasteiger partial charge in [0.1, 0.15) is 0 Å². The summed E-state index contributed by atoms with van der Waals surface area (Å²) >= 11 is 0. The molecule has 0 unspecified atom stereocenters. The van der Waals surface area contributed by atoms with E-state index in [2.05, 4.69) is 35.0 Å². The number of amides is 1. The van der Waals surface area contributed by atoms with Gasteiger partial charge in [-0.2, -0.15) is 0 Å². The number of fused-ring (bicyclic) bond motifs is 4. The molecule has 1 saturated heterocycles. The molecule has 3 aliphatic rings. The van der Waals surface area contributed by atoms with Crippen LogP contribution in [0.4, 0.5) is 5.69 Å². The van der Waals surface area contributed by atoms with Crippen molar-refractivity contribution in [1.29, 1.82) is 0 Å². The van der Waals surface area contributed by atoms with Crippen LogP contribution in [0.1, 0.15) is 49.4 Å². The second-order valence-corrected chi connectivity index (χ2v) is 9.63. The standard InChI is InChI=1S/C29H29N3O2/c1-30-16-18-31(19-17-30)25-13-7-6-12-24(25)28(33)26-22-10-4-5-11-23(22)29(34)32-15-14-20-8-2-3-9-21(20)27(26)32/h2-13,26-27H,14-19H2,1H3/t26-,27-/m1/s1. The molecule has 5 nitrogen and oxygen atoms in total. The molecule has 172 valence electrons. The van der Waals surface area contributed by atoms with Crippen LogP contribution >= 0.6 is 0 Å². The summed E-state index contributed by atoms with van der Waals surface area (Å²) in [7, 11) is 2.14. The first kappa shape index (κ1) is 21.1. The summed E-state index contributed by atoms with van der Waals surface area (Å²) in [5, 5.41) is 0. The minimum Gasteiger partial charge on any atom is -0.368 e. The van der Waals surface area contributed by atoms with Gasteiger partial charge in [-0.1, -0.05) is 54.6 Å². The maximum Gasteiger partial charge on any atom is 0.254 e. The van der Waals surface area contributed by atoms with Crippen LogP contribution in [0.2, 0.25) is 0 Å². The molecule has 3 heterocycles. The quantitative estimate of drug-likeness (QED) is 0.561. The number of anilines is 1. The normalized spacial score (nSPS) is 22.1. The molecule has 0 spiro atoms. The molecule has 0 N–H and O–H groups in total. The molecule has 34 heavy (non-hydrogen) atoms. The van der Waals surface area contributed by atoms with Crippen LogP contribution in [0.5, 0.6) is 0 Å². The predicted octanol–water partition coefficient (Wildman–Crippen LogP) is 4.16. The summed E-state index contributed by atoms with van der Waals surface area (Å²) < 4.78 is 0. The number of Topliss-reactive ketones (excluding diaryl/α,β-unsaturated/α-hetero) is 1. The van der Waals surface area contributed by atoms with E-state index >= 15 is 0 Å². The molecule has 5 heteroatoms. The van der Waals surface area contributed by atoms with Crippen LogP contribution in [0.25, 0.3) is 0 Å². The highest BCUT2D eigenvalue weighted by Gasteiger charge is 2.46. The Balaban J connectivity index is 1.49. The minimum atomic E-state index is -0.427. The zero-order valence-electron chi connectivity index (χ0n) is 19.5. The van der Waals surface area contributed by atoms with E-state index in [0.29, 0.717) is 12.1 Å². The lowest BCUT2D eigenvalue weighted by molar-refractivity contribution is 0.0566. The van der Waals surface area contributed by atoms with Crippen LogP contribution in [0, 0.1) is 0 Å². The van der Waals surface area contributed by atoms with E-state index < -0.39 is 5.92 Å². The molecule has 2 atom stereocenters. The molecule has 0 aromatic heterocycles. The Hall–Kier alpha value is -3.44. The molecule has 1 amide bonds. The molecule has 3 aliphatic heterocycles. The average molecular weight is 452 g/mol. The minimum absolute atomic E-state index is 0.0338. The molecule has 0 saturated carbocycles. The summed E-state index contributed by atoms with van der Waals surface area (Å²) in [6, 6.07) is 23.7. The van der Waals surface area contributed by atoms with Gasteiger partial charge >= 0.3 is 0 Å². The molecular formula is C29H29N3O2. The molecule has 0 radical (unpaired) electrons. The predicted molar refractivity (Wildman–Crippen MR) is 134 cm³/mol. The van der Waals surface area contributed by atoms with Gasteiger partial charge in [-0.15, -0.1) is 0 Å². The lowest BCUT2D eigenvalue weighted by Crippen LogP contribution is -2.48. The Bertz CT molecular complexity index is 1260. The third-order valence-electron chi connectivity index (χ3n) is 7.73. The second-order valence-electron chi connectivity index (χ2n) is 9.63. The Morgan fingerprint density at radius 2 is 1.47 bits per heavy atom. The van der Waals surface area contributed by atoms with E-state index in [1.165, 1.54) is 5.56 Å². The van der Waals surface area contributed by atoms with Crippen molar-refractivity contribution in [3.8, 4) is 0 Å². The number of ketones is 1. The number of piperazine rings is 1. The summed E-state index contributed by atoms with van der Waals surface area (Å²) in [5.41, 5.74) is 5.61.